The van der Waals surface area contributed by atoms with Crippen LogP contribution in [-0.2, 0) is 4.74 Å². The molecular formula is C13H24OS. The van der Waals surface area contributed by atoms with Crippen LogP contribution in [0.5, 0.6) is 0 Å². The van der Waals surface area contributed by atoms with Gasteiger partial charge in [-0.25, -0.2) is 0 Å². The fraction of sp³-hybridized carbons (Fsp3) is 1.00. The van der Waals surface area contributed by atoms with Crippen molar-refractivity contribution in [3.63, 3.8) is 0 Å². The first-order valence-corrected chi connectivity index (χ1v) is 7.35. The fourth-order valence-electron chi connectivity index (χ4n) is 2.91. The Hall–Kier alpha value is 0.310. The first-order chi connectivity index (χ1) is 7.07. The average molecular weight is 228 g/mol. The van der Waals surface area contributed by atoms with Crippen LogP contribution in [-0.4, -0.2) is 17.8 Å². The second kappa shape index (κ2) is 4.67. The molecule has 0 N–H and O–H groups in total. The van der Waals surface area contributed by atoms with E-state index < -0.39 is 0 Å². The van der Waals surface area contributed by atoms with E-state index in [1.807, 2.05) is 11.8 Å². The maximum atomic E-state index is 5.78. The summed E-state index contributed by atoms with van der Waals surface area (Å²) in [7, 11) is 0. The van der Waals surface area contributed by atoms with E-state index in [9.17, 15) is 0 Å². The summed E-state index contributed by atoms with van der Waals surface area (Å²) in [5, 5.41) is 0. The molecule has 0 bridgehead atoms. The van der Waals surface area contributed by atoms with Crippen molar-refractivity contribution >= 4 is 11.8 Å². The molecule has 1 aliphatic heterocycles. The monoisotopic (exact) mass is 228 g/mol. The molecule has 0 aromatic carbocycles. The van der Waals surface area contributed by atoms with Gasteiger partial charge >= 0.3 is 0 Å². The van der Waals surface area contributed by atoms with Crippen LogP contribution in [0.25, 0.3) is 0 Å². The molecule has 0 aromatic rings. The van der Waals surface area contributed by atoms with E-state index in [0.29, 0.717) is 10.9 Å². The fourth-order valence-corrected chi connectivity index (χ4v) is 4.07. The van der Waals surface area contributed by atoms with Gasteiger partial charge < -0.3 is 4.74 Å². The lowest BCUT2D eigenvalue weighted by molar-refractivity contribution is 0.0587. The van der Waals surface area contributed by atoms with E-state index in [2.05, 4.69) is 20.8 Å². The molecule has 1 unspecified atom stereocenters. The highest BCUT2D eigenvalue weighted by atomic mass is 32.2. The number of rotatable bonds is 1. The Balaban J connectivity index is 1.81. The first-order valence-electron chi connectivity index (χ1n) is 6.30. The van der Waals surface area contributed by atoms with Gasteiger partial charge in [0.1, 0.15) is 5.44 Å². The Kier molecular flexibility index (Phi) is 3.67. The lowest BCUT2D eigenvalue weighted by Gasteiger charge is -2.38. The van der Waals surface area contributed by atoms with Crippen LogP contribution in [0.15, 0.2) is 0 Å². The van der Waals surface area contributed by atoms with E-state index >= 15 is 0 Å². The minimum atomic E-state index is 0.509. The summed E-state index contributed by atoms with van der Waals surface area (Å²) in [5.41, 5.74) is 1.04. The summed E-state index contributed by atoms with van der Waals surface area (Å²) < 4.78 is 5.78. The van der Waals surface area contributed by atoms with Gasteiger partial charge in [-0.3, -0.25) is 0 Å². The largest absolute Gasteiger partial charge is 0.366 e. The Morgan fingerprint density at radius 1 is 1.07 bits per heavy atom. The maximum Gasteiger partial charge on any atom is 0.106 e. The van der Waals surface area contributed by atoms with E-state index in [0.717, 1.165) is 18.4 Å². The lowest BCUT2D eigenvalue weighted by atomic mass is 9.70. The number of thioether (sulfide) groups is 1. The highest BCUT2D eigenvalue weighted by Gasteiger charge is 2.34. The van der Waals surface area contributed by atoms with E-state index in [1.54, 1.807) is 0 Å². The zero-order valence-electron chi connectivity index (χ0n) is 10.3. The third-order valence-electron chi connectivity index (χ3n) is 4.03. The van der Waals surface area contributed by atoms with Gasteiger partial charge in [-0.05, 0) is 42.9 Å². The summed E-state index contributed by atoms with van der Waals surface area (Å²) in [6, 6.07) is 0. The molecule has 0 aromatic heterocycles. The molecule has 2 rings (SSSR count). The Morgan fingerprint density at radius 3 is 2.20 bits per heavy atom. The summed E-state index contributed by atoms with van der Waals surface area (Å²) in [4.78, 5) is 0. The summed E-state index contributed by atoms with van der Waals surface area (Å²) in [5.74, 6) is 2.99. The molecule has 1 heterocycles. The molecular weight excluding hydrogens is 204 g/mol. The second-order valence-electron chi connectivity index (χ2n) is 6.09. The van der Waals surface area contributed by atoms with Gasteiger partial charge in [-0.2, -0.15) is 0 Å². The van der Waals surface area contributed by atoms with Crippen LogP contribution in [0, 0.1) is 17.3 Å². The molecule has 0 amide bonds. The molecule has 1 aliphatic carbocycles. The van der Waals surface area contributed by atoms with Gasteiger partial charge in [0.2, 0.25) is 0 Å². The molecule has 1 nitrogen and oxygen atoms in total. The Morgan fingerprint density at radius 2 is 1.73 bits per heavy atom. The number of hydrogen-bond acceptors (Lipinski definition) is 2. The molecule has 2 heteroatoms. The van der Waals surface area contributed by atoms with Gasteiger partial charge in [-0.1, -0.05) is 20.8 Å². The van der Waals surface area contributed by atoms with Crippen molar-refractivity contribution in [1.82, 2.24) is 0 Å². The third-order valence-corrected chi connectivity index (χ3v) is 5.28. The van der Waals surface area contributed by atoms with Crippen molar-refractivity contribution in [2.75, 3.05) is 12.4 Å². The molecule has 15 heavy (non-hydrogen) atoms. The van der Waals surface area contributed by atoms with Crippen molar-refractivity contribution < 1.29 is 4.74 Å². The highest BCUT2D eigenvalue weighted by molar-refractivity contribution is 8.00. The van der Waals surface area contributed by atoms with Crippen LogP contribution in [0.1, 0.15) is 46.5 Å². The summed E-state index contributed by atoms with van der Waals surface area (Å²) in [6.07, 6.45) is 5.60. The molecule has 1 saturated heterocycles. The van der Waals surface area contributed by atoms with Gasteiger partial charge in [0.25, 0.3) is 0 Å². The molecule has 2 aliphatic rings. The van der Waals surface area contributed by atoms with Gasteiger partial charge in [0.05, 0.1) is 6.61 Å². The van der Waals surface area contributed by atoms with Crippen LogP contribution < -0.4 is 0 Å². The highest BCUT2D eigenvalue weighted by Crippen LogP contribution is 2.43. The lowest BCUT2D eigenvalue weighted by Crippen LogP contribution is -2.29. The Labute approximate surface area is 98.3 Å². The minimum absolute atomic E-state index is 0.509. The van der Waals surface area contributed by atoms with Crippen LogP contribution in [0.2, 0.25) is 0 Å². The standard InChI is InChI=1S/C13H24OS/c1-13(2,3)11-6-4-10(5-7-11)12-14-8-9-15-12/h10-12H,4-9H2,1-3H3. The second-order valence-corrected chi connectivity index (χ2v) is 7.29. The first kappa shape index (κ1) is 11.8. The van der Waals surface area contributed by atoms with Crippen LogP contribution in [0.4, 0.5) is 0 Å². The van der Waals surface area contributed by atoms with Gasteiger partial charge in [0.15, 0.2) is 0 Å². The molecule has 0 radical (unpaired) electrons. The molecule has 1 atom stereocenters. The van der Waals surface area contributed by atoms with Crippen molar-refractivity contribution in [1.29, 1.82) is 0 Å². The van der Waals surface area contributed by atoms with E-state index in [4.69, 9.17) is 4.74 Å². The normalized spacial score (nSPS) is 38.2. The zero-order chi connectivity index (χ0) is 10.9. The topological polar surface area (TPSA) is 9.23 Å². The van der Waals surface area contributed by atoms with Crippen molar-refractivity contribution in [3.05, 3.63) is 0 Å². The number of hydrogen-bond donors (Lipinski definition) is 0. The van der Waals surface area contributed by atoms with Crippen molar-refractivity contribution in [2.24, 2.45) is 17.3 Å². The van der Waals surface area contributed by atoms with Crippen molar-refractivity contribution in [2.45, 2.75) is 51.9 Å². The Bertz CT molecular complexity index is 195. The van der Waals surface area contributed by atoms with Crippen LogP contribution >= 0.6 is 11.8 Å². The van der Waals surface area contributed by atoms with E-state index in [1.165, 1.54) is 31.4 Å². The summed E-state index contributed by atoms with van der Waals surface area (Å²) >= 11 is 2.04. The van der Waals surface area contributed by atoms with Crippen LogP contribution in [0.3, 0.4) is 0 Å². The predicted octanol–water partition coefficient (Wildman–Crippen LogP) is 3.93. The van der Waals surface area contributed by atoms with E-state index in [-0.39, 0.29) is 0 Å². The summed E-state index contributed by atoms with van der Waals surface area (Å²) in [6.45, 7) is 8.14. The number of ether oxygens (including phenoxy) is 1. The predicted molar refractivity (Wildman–Crippen MR) is 67.1 cm³/mol. The average Bonchev–Trinajstić information content (AvgIpc) is 2.69. The SMILES string of the molecule is CC(C)(C)C1CCC(C2OCCS2)CC1. The quantitative estimate of drug-likeness (QED) is 0.672. The van der Waals surface area contributed by atoms with Gasteiger partial charge in [-0.15, -0.1) is 11.8 Å². The minimum Gasteiger partial charge on any atom is -0.366 e. The smallest absolute Gasteiger partial charge is 0.106 e. The molecule has 88 valence electrons. The third kappa shape index (κ3) is 2.91. The maximum absolute atomic E-state index is 5.78. The van der Waals surface area contributed by atoms with Crippen molar-refractivity contribution in [3.8, 4) is 0 Å². The van der Waals surface area contributed by atoms with Gasteiger partial charge in [0, 0.05) is 5.75 Å². The molecule has 1 saturated carbocycles. The zero-order valence-corrected chi connectivity index (χ0v) is 11.1. The molecule has 2 fully saturated rings. The molecule has 0 spiro atoms.